The first-order valence-electron chi connectivity index (χ1n) is 3.17. The molecule has 1 aromatic heterocycles. The molecule has 0 aromatic carbocycles. The number of nitrogens with zero attached hydrogens (tertiary/aromatic N) is 1. The van der Waals surface area contributed by atoms with Gasteiger partial charge in [-0.2, -0.15) is 0 Å². The molecule has 0 saturated carbocycles. The summed E-state index contributed by atoms with van der Waals surface area (Å²) in [6.45, 7) is 1.47. The van der Waals surface area contributed by atoms with E-state index in [4.69, 9.17) is 6.42 Å². The van der Waals surface area contributed by atoms with Gasteiger partial charge in [0.2, 0.25) is 0 Å². The monoisotopic (exact) mass is 145 g/mol. The van der Waals surface area contributed by atoms with Crippen LogP contribution in [-0.2, 0) is 0 Å². The van der Waals surface area contributed by atoms with E-state index in [0.717, 1.165) is 0 Å². The topological polar surface area (TPSA) is 30.0 Å². The fourth-order valence-corrected chi connectivity index (χ4v) is 0.801. The second kappa shape index (κ2) is 2.98. The Morgan fingerprint density at radius 3 is 2.91 bits per heavy atom. The third-order valence-corrected chi connectivity index (χ3v) is 1.36. The van der Waals surface area contributed by atoms with Crippen LogP contribution in [0.1, 0.15) is 22.8 Å². The lowest BCUT2D eigenvalue weighted by atomic mass is 10.1. The van der Waals surface area contributed by atoms with Gasteiger partial charge in [0.15, 0.2) is 5.78 Å². The first kappa shape index (κ1) is 7.49. The van der Waals surface area contributed by atoms with E-state index in [9.17, 15) is 4.79 Å². The van der Waals surface area contributed by atoms with Gasteiger partial charge < -0.3 is 0 Å². The Hall–Kier alpha value is -1.62. The third-order valence-electron chi connectivity index (χ3n) is 1.36. The molecule has 0 spiro atoms. The summed E-state index contributed by atoms with van der Waals surface area (Å²) in [4.78, 5) is 14.7. The number of carbonyl (C=O) groups is 1. The Bertz CT molecular complexity index is 323. The van der Waals surface area contributed by atoms with Crippen molar-refractivity contribution < 1.29 is 4.79 Å². The van der Waals surface area contributed by atoms with E-state index < -0.39 is 0 Å². The average molecular weight is 145 g/mol. The smallest absolute Gasteiger partial charge is 0.162 e. The lowest BCUT2D eigenvalue weighted by Gasteiger charge is -1.96. The molecule has 0 N–H and O–H groups in total. The van der Waals surface area contributed by atoms with Crippen molar-refractivity contribution in [1.82, 2.24) is 4.98 Å². The van der Waals surface area contributed by atoms with Crippen LogP contribution in [0.5, 0.6) is 0 Å². The van der Waals surface area contributed by atoms with E-state index in [1.165, 1.54) is 13.1 Å². The number of rotatable bonds is 1. The van der Waals surface area contributed by atoms with E-state index in [2.05, 4.69) is 10.9 Å². The molecule has 1 aromatic rings. The van der Waals surface area contributed by atoms with Crippen LogP contribution in [0.25, 0.3) is 0 Å². The molecule has 54 valence electrons. The number of aromatic nitrogens is 1. The van der Waals surface area contributed by atoms with E-state index in [0.29, 0.717) is 11.1 Å². The maximum Gasteiger partial charge on any atom is 0.162 e. The van der Waals surface area contributed by atoms with Crippen LogP contribution in [0.15, 0.2) is 18.5 Å². The van der Waals surface area contributed by atoms with Crippen molar-refractivity contribution in [3.8, 4) is 12.3 Å². The number of carbonyl (C=O) groups excluding carboxylic acids is 1. The van der Waals surface area contributed by atoms with Gasteiger partial charge in [-0.25, -0.2) is 0 Å². The Morgan fingerprint density at radius 1 is 1.73 bits per heavy atom. The van der Waals surface area contributed by atoms with Crippen molar-refractivity contribution >= 4 is 5.78 Å². The number of pyridine rings is 1. The van der Waals surface area contributed by atoms with Crippen LogP contribution >= 0.6 is 0 Å². The van der Waals surface area contributed by atoms with Crippen molar-refractivity contribution in [3.05, 3.63) is 29.6 Å². The van der Waals surface area contributed by atoms with Crippen molar-refractivity contribution in [1.29, 1.82) is 0 Å². The minimum Gasteiger partial charge on any atom is -0.294 e. The lowest BCUT2D eigenvalue weighted by Crippen LogP contribution is -1.96. The predicted octanol–water partition coefficient (Wildman–Crippen LogP) is 1.27. The molecule has 0 atom stereocenters. The maximum atomic E-state index is 10.9. The van der Waals surface area contributed by atoms with Gasteiger partial charge in [0.05, 0.1) is 5.56 Å². The minimum absolute atomic E-state index is 0.0500. The number of hydrogen-bond acceptors (Lipinski definition) is 2. The lowest BCUT2D eigenvalue weighted by molar-refractivity contribution is 0.101. The maximum absolute atomic E-state index is 10.9. The molecule has 11 heavy (non-hydrogen) atoms. The summed E-state index contributed by atoms with van der Waals surface area (Å²) < 4.78 is 0. The Labute approximate surface area is 65.3 Å². The second-order valence-corrected chi connectivity index (χ2v) is 2.12. The highest BCUT2D eigenvalue weighted by molar-refractivity contribution is 5.96. The molecular formula is C9H7NO. The first-order valence-corrected chi connectivity index (χ1v) is 3.17. The zero-order chi connectivity index (χ0) is 8.27. The average Bonchev–Trinajstić information content (AvgIpc) is 2.04. The van der Waals surface area contributed by atoms with E-state index in [1.807, 2.05) is 0 Å². The summed E-state index contributed by atoms with van der Waals surface area (Å²) in [5, 5.41) is 0. The van der Waals surface area contributed by atoms with Crippen molar-refractivity contribution in [2.24, 2.45) is 0 Å². The van der Waals surface area contributed by atoms with Crippen LogP contribution in [0.4, 0.5) is 0 Å². The summed E-state index contributed by atoms with van der Waals surface area (Å²) in [6, 6.07) is 1.65. The molecule has 0 fully saturated rings. The molecule has 2 nitrogen and oxygen atoms in total. The van der Waals surface area contributed by atoms with E-state index in [1.54, 1.807) is 12.3 Å². The molecule has 0 amide bonds. The Balaban J connectivity index is 3.26. The summed E-state index contributed by atoms with van der Waals surface area (Å²) in [7, 11) is 0. The van der Waals surface area contributed by atoms with Crippen LogP contribution in [-0.4, -0.2) is 10.8 Å². The normalized spacial score (nSPS) is 8.73. The van der Waals surface area contributed by atoms with Crippen LogP contribution in [0.2, 0.25) is 0 Å². The van der Waals surface area contributed by atoms with Crippen molar-refractivity contribution in [3.63, 3.8) is 0 Å². The molecule has 0 saturated heterocycles. The third kappa shape index (κ3) is 1.44. The zero-order valence-corrected chi connectivity index (χ0v) is 6.16. The van der Waals surface area contributed by atoms with Gasteiger partial charge in [-0.1, -0.05) is 5.92 Å². The van der Waals surface area contributed by atoms with Crippen molar-refractivity contribution in [2.75, 3.05) is 0 Å². The van der Waals surface area contributed by atoms with Gasteiger partial charge in [-0.05, 0) is 13.0 Å². The number of Topliss-reactive ketones (excluding diaryl/α,β-unsaturated/α-hetero) is 1. The van der Waals surface area contributed by atoms with Crippen LogP contribution in [0, 0.1) is 12.3 Å². The molecule has 0 aliphatic rings. The summed E-state index contributed by atoms with van der Waals surface area (Å²) in [5.41, 5.74) is 1.11. The highest BCUT2D eigenvalue weighted by Gasteiger charge is 2.02. The number of ketones is 1. The Kier molecular flexibility index (Phi) is 2.03. The molecule has 0 aliphatic heterocycles. The molecule has 2 heteroatoms. The minimum atomic E-state index is -0.0500. The highest BCUT2D eigenvalue weighted by Crippen LogP contribution is 2.04. The quantitative estimate of drug-likeness (QED) is 0.440. The highest BCUT2D eigenvalue weighted by atomic mass is 16.1. The predicted molar refractivity (Wildman–Crippen MR) is 42.2 cm³/mol. The molecule has 1 heterocycles. The second-order valence-electron chi connectivity index (χ2n) is 2.12. The number of hydrogen-bond donors (Lipinski definition) is 0. The van der Waals surface area contributed by atoms with Crippen LogP contribution in [0.3, 0.4) is 0 Å². The van der Waals surface area contributed by atoms with E-state index in [-0.39, 0.29) is 5.78 Å². The van der Waals surface area contributed by atoms with Gasteiger partial charge in [-0.3, -0.25) is 9.78 Å². The standard InChI is InChI=1S/C9H7NO/c1-3-8-4-5-10-6-9(8)7(2)11/h1,4-6H,2H3. The number of terminal acetylenes is 1. The molecule has 0 unspecified atom stereocenters. The summed E-state index contributed by atoms with van der Waals surface area (Å²) in [5.74, 6) is 2.37. The molecular weight excluding hydrogens is 138 g/mol. The van der Waals surface area contributed by atoms with Gasteiger partial charge in [-0.15, -0.1) is 6.42 Å². The summed E-state index contributed by atoms with van der Waals surface area (Å²) >= 11 is 0. The van der Waals surface area contributed by atoms with Crippen LogP contribution < -0.4 is 0 Å². The zero-order valence-electron chi connectivity index (χ0n) is 6.16. The largest absolute Gasteiger partial charge is 0.294 e. The van der Waals surface area contributed by atoms with Gasteiger partial charge in [0.25, 0.3) is 0 Å². The first-order chi connectivity index (χ1) is 5.25. The summed E-state index contributed by atoms with van der Waals surface area (Å²) in [6.07, 6.45) is 8.21. The Morgan fingerprint density at radius 2 is 2.45 bits per heavy atom. The fraction of sp³-hybridized carbons (Fsp3) is 0.111. The van der Waals surface area contributed by atoms with Gasteiger partial charge in [0.1, 0.15) is 0 Å². The van der Waals surface area contributed by atoms with E-state index >= 15 is 0 Å². The molecule has 0 radical (unpaired) electrons. The van der Waals surface area contributed by atoms with Gasteiger partial charge >= 0.3 is 0 Å². The molecule has 1 rings (SSSR count). The SMILES string of the molecule is C#Cc1ccncc1C(C)=O. The molecule has 0 bridgehead atoms. The van der Waals surface area contributed by atoms with Crippen molar-refractivity contribution in [2.45, 2.75) is 6.92 Å². The molecule has 0 aliphatic carbocycles. The fourth-order valence-electron chi connectivity index (χ4n) is 0.801. The van der Waals surface area contributed by atoms with Gasteiger partial charge in [0, 0.05) is 18.0 Å².